The first-order valence-corrected chi connectivity index (χ1v) is 5.63. The number of hydrogen-bond donors (Lipinski definition) is 2. The molecule has 0 heterocycles. The van der Waals surface area contributed by atoms with Crippen molar-refractivity contribution in [2.45, 2.75) is 32.2 Å². The van der Waals surface area contributed by atoms with E-state index in [0.717, 1.165) is 0 Å². The summed E-state index contributed by atoms with van der Waals surface area (Å²) in [7, 11) is 1.41. The van der Waals surface area contributed by atoms with Crippen LogP contribution in [0.3, 0.4) is 0 Å². The van der Waals surface area contributed by atoms with Crippen LogP contribution in [0.25, 0.3) is 0 Å². The fourth-order valence-corrected chi connectivity index (χ4v) is 1.62. The largest absolute Gasteiger partial charge is 0.338 e. The summed E-state index contributed by atoms with van der Waals surface area (Å²) in [4.78, 5) is 15.9. The molecule has 1 aromatic rings. The summed E-state index contributed by atoms with van der Waals surface area (Å²) < 4.78 is 0. The standard InChI is InChI=1S/C13H20N2O2/c1-10(14-12(16)15-17-4)13(2,3)11-8-6-5-7-9-11/h5-10H,1-4H3,(H2,14,15,16)/t10-/m0/s1. The van der Waals surface area contributed by atoms with E-state index in [9.17, 15) is 4.79 Å². The summed E-state index contributed by atoms with van der Waals surface area (Å²) in [6.45, 7) is 6.17. The number of urea groups is 1. The molecule has 0 aliphatic rings. The Hall–Kier alpha value is -1.55. The van der Waals surface area contributed by atoms with Crippen LogP contribution >= 0.6 is 0 Å². The van der Waals surface area contributed by atoms with Crippen molar-refractivity contribution in [3.63, 3.8) is 0 Å². The lowest BCUT2D eigenvalue weighted by molar-refractivity contribution is 0.104. The lowest BCUT2D eigenvalue weighted by Gasteiger charge is -2.32. The molecule has 4 nitrogen and oxygen atoms in total. The van der Waals surface area contributed by atoms with E-state index in [4.69, 9.17) is 0 Å². The smallest absolute Gasteiger partial charge is 0.333 e. The Kier molecular flexibility index (Phi) is 4.52. The maximum absolute atomic E-state index is 11.4. The minimum absolute atomic E-state index is 0.0138. The molecular weight excluding hydrogens is 216 g/mol. The van der Waals surface area contributed by atoms with Crippen LogP contribution in [-0.4, -0.2) is 19.2 Å². The van der Waals surface area contributed by atoms with Crippen molar-refractivity contribution < 1.29 is 9.63 Å². The van der Waals surface area contributed by atoms with Gasteiger partial charge in [0.15, 0.2) is 0 Å². The molecule has 0 bridgehead atoms. The van der Waals surface area contributed by atoms with Crippen molar-refractivity contribution in [2.75, 3.05) is 7.11 Å². The Labute approximate surface area is 102 Å². The zero-order valence-electron chi connectivity index (χ0n) is 10.8. The van der Waals surface area contributed by atoms with Gasteiger partial charge in [0.05, 0.1) is 7.11 Å². The molecule has 0 aromatic heterocycles. The first-order valence-electron chi connectivity index (χ1n) is 5.63. The molecule has 94 valence electrons. The Morgan fingerprint density at radius 3 is 2.41 bits per heavy atom. The molecule has 0 fully saturated rings. The molecule has 0 aliphatic carbocycles. The quantitative estimate of drug-likeness (QED) is 0.787. The number of amides is 2. The van der Waals surface area contributed by atoms with Gasteiger partial charge in [0.25, 0.3) is 0 Å². The first-order chi connectivity index (χ1) is 7.98. The number of benzene rings is 1. The molecule has 0 radical (unpaired) electrons. The second-order valence-electron chi connectivity index (χ2n) is 4.59. The van der Waals surface area contributed by atoms with Crippen LogP contribution in [-0.2, 0) is 10.3 Å². The SMILES string of the molecule is CONC(=O)N[C@@H](C)C(C)(C)c1ccccc1. The van der Waals surface area contributed by atoms with E-state index in [2.05, 4.69) is 41.6 Å². The van der Waals surface area contributed by atoms with Crippen molar-refractivity contribution >= 4 is 6.03 Å². The highest BCUT2D eigenvalue weighted by atomic mass is 16.6. The number of carbonyl (C=O) groups is 1. The molecular formula is C13H20N2O2. The van der Waals surface area contributed by atoms with Crippen molar-refractivity contribution in [2.24, 2.45) is 0 Å². The van der Waals surface area contributed by atoms with Crippen LogP contribution in [0.1, 0.15) is 26.3 Å². The Morgan fingerprint density at radius 2 is 1.88 bits per heavy atom. The van der Waals surface area contributed by atoms with Crippen molar-refractivity contribution in [1.29, 1.82) is 0 Å². The highest BCUT2D eigenvalue weighted by molar-refractivity contribution is 5.73. The Morgan fingerprint density at radius 1 is 1.29 bits per heavy atom. The second-order valence-corrected chi connectivity index (χ2v) is 4.59. The van der Waals surface area contributed by atoms with Crippen LogP contribution < -0.4 is 10.8 Å². The molecule has 0 saturated carbocycles. The van der Waals surface area contributed by atoms with Crippen molar-refractivity contribution in [3.8, 4) is 0 Å². The fourth-order valence-electron chi connectivity index (χ4n) is 1.62. The van der Waals surface area contributed by atoms with Crippen LogP contribution in [0.5, 0.6) is 0 Å². The molecule has 4 heteroatoms. The predicted molar refractivity (Wildman–Crippen MR) is 67.6 cm³/mol. The Balaban J connectivity index is 2.73. The van der Waals surface area contributed by atoms with Crippen LogP contribution in [0, 0.1) is 0 Å². The first kappa shape index (κ1) is 13.5. The lowest BCUT2D eigenvalue weighted by Crippen LogP contribution is -2.48. The molecule has 1 rings (SSSR count). The van der Waals surface area contributed by atoms with Gasteiger partial charge < -0.3 is 5.32 Å². The fraction of sp³-hybridized carbons (Fsp3) is 0.462. The predicted octanol–water partition coefficient (Wildman–Crippen LogP) is 2.21. The normalized spacial score (nSPS) is 12.9. The highest BCUT2D eigenvalue weighted by Gasteiger charge is 2.28. The van der Waals surface area contributed by atoms with Gasteiger partial charge in [-0.2, -0.15) is 0 Å². The third-order valence-electron chi connectivity index (χ3n) is 3.14. The van der Waals surface area contributed by atoms with E-state index in [0.29, 0.717) is 0 Å². The maximum Gasteiger partial charge on any atom is 0.338 e. The summed E-state index contributed by atoms with van der Waals surface area (Å²) >= 11 is 0. The number of rotatable bonds is 4. The van der Waals surface area contributed by atoms with Gasteiger partial charge in [-0.05, 0) is 12.5 Å². The summed E-state index contributed by atoms with van der Waals surface area (Å²) in [5.41, 5.74) is 3.29. The van der Waals surface area contributed by atoms with Gasteiger partial charge in [0, 0.05) is 11.5 Å². The van der Waals surface area contributed by atoms with Crippen LogP contribution in [0.4, 0.5) is 4.79 Å². The van der Waals surface area contributed by atoms with E-state index in [1.165, 1.54) is 12.7 Å². The van der Waals surface area contributed by atoms with Crippen molar-refractivity contribution in [1.82, 2.24) is 10.8 Å². The maximum atomic E-state index is 11.4. The number of hydrogen-bond acceptors (Lipinski definition) is 2. The van der Waals surface area contributed by atoms with Gasteiger partial charge in [-0.1, -0.05) is 44.2 Å². The Bertz CT molecular complexity index is 363. The summed E-state index contributed by atoms with van der Waals surface area (Å²) in [6, 6.07) is 9.76. The minimum Gasteiger partial charge on any atom is -0.333 e. The topological polar surface area (TPSA) is 50.4 Å². The molecule has 0 unspecified atom stereocenters. The average Bonchev–Trinajstić information content (AvgIpc) is 2.30. The van der Waals surface area contributed by atoms with Gasteiger partial charge in [-0.3, -0.25) is 4.84 Å². The minimum atomic E-state index is -0.330. The van der Waals surface area contributed by atoms with Gasteiger partial charge in [-0.15, -0.1) is 0 Å². The van der Waals surface area contributed by atoms with Gasteiger partial charge in [-0.25, -0.2) is 10.3 Å². The molecule has 2 amide bonds. The monoisotopic (exact) mass is 236 g/mol. The van der Waals surface area contributed by atoms with Crippen LogP contribution in [0.2, 0.25) is 0 Å². The zero-order chi connectivity index (χ0) is 12.9. The summed E-state index contributed by atoms with van der Waals surface area (Å²) in [5, 5.41) is 2.84. The molecule has 0 aliphatic heterocycles. The number of hydroxylamine groups is 1. The van der Waals surface area contributed by atoms with Gasteiger partial charge in [0.2, 0.25) is 0 Å². The number of carbonyl (C=O) groups excluding carboxylic acids is 1. The molecule has 1 atom stereocenters. The molecule has 1 aromatic carbocycles. The molecule has 17 heavy (non-hydrogen) atoms. The highest BCUT2D eigenvalue weighted by Crippen LogP contribution is 2.26. The van der Waals surface area contributed by atoms with Crippen LogP contribution in [0.15, 0.2) is 30.3 Å². The van der Waals surface area contributed by atoms with Gasteiger partial charge >= 0.3 is 6.03 Å². The van der Waals surface area contributed by atoms with E-state index in [1.54, 1.807) is 0 Å². The van der Waals surface area contributed by atoms with Gasteiger partial charge in [0.1, 0.15) is 0 Å². The third kappa shape index (κ3) is 3.46. The summed E-state index contributed by atoms with van der Waals surface area (Å²) in [5.74, 6) is 0. The number of nitrogens with one attached hydrogen (secondary N) is 2. The molecule has 0 saturated heterocycles. The third-order valence-corrected chi connectivity index (χ3v) is 3.14. The lowest BCUT2D eigenvalue weighted by atomic mass is 9.78. The molecule has 0 spiro atoms. The zero-order valence-corrected chi connectivity index (χ0v) is 10.8. The van der Waals surface area contributed by atoms with E-state index in [1.807, 2.05) is 25.1 Å². The second kappa shape index (κ2) is 5.68. The van der Waals surface area contributed by atoms with E-state index >= 15 is 0 Å². The van der Waals surface area contributed by atoms with E-state index < -0.39 is 0 Å². The summed E-state index contributed by atoms with van der Waals surface area (Å²) in [6.07, 6.45) is 0. The molecule has 2 N–H and O–H groups in total. The van der Waals surface area contributed by atoms with E-state index in [-0.39, 0.29) is 17.5 Å². The van der Waals surface area contributed by atoms with Crippen molar-refractivity contribution in [3.05, 3.63) is 35.9 Å². The average molecular weight is 236 g/mol.